The Morgan fingerprint density at radius 3 is 2.56 bits per heavy atom. The van der Waals surface area contributed by atoms with Crippen molar-refractivity contribution in [2.75, 3.05) is 42.9 Å². The number of carbonyl (C=O) groups excluding carboxylic acids is 1. The summed E-state index contributed by atoms with van der Waals surface area (Å²) in [7, 11) is 0. The normalized spacial score (nSPS) is 15.2. The van der Waals surface area contributed by atoms with Crippen LogP contribution in [0.25, 0.3) is 0 Å². The number of hydrogen-bond donors (Lipinski definition) is 1. The average molecular weight is 380 g/mol. The van der Waals surface area contributed by atoms with Crippen LogP contribution in [0.5, 0.6) is 0 Å². The Morgan fingerprint density at radius 1 is 1.16 bits per heavy atom. The van der Waals surface area contributed by atoms with Crippen LogP contribution < -0.4 is 10.2 Å². The van der Waals surface area contributed by atoms with Gasteiger partial charge in [-0.3, -0.25) is 9.69 Å². The van der Waals surface area contributed by atoms with E-state index in [9.17, 15) is 4.79 Å². The van der Waals surface area contributed by atoms with E-state index in [1.807, 2.05) is 19.1 Å². The van der Waals surface area contributed by atoms with Gasteiger partial charge in [0.1, 0.15) is 16.8 Å². The van der Waals surface area contributed by atoms with Gasteiger partial charge in [0.2, 0.25) is 5.91 Å². The SMILES string of the molecule is Cc1nc(Cl)cc(N2CCN(CC(=O)Nc3ccccc3Cl)CC2)n1. The molecule has 0 bridgehead atoms. The van der Waals surface area contributed by atoms with Crippen molar-refractivity contribution < 1.29 is 4.79 Å². The summed E-state index contributed by atoms with van der Waals surface area (Å²) in [5.74, 6) is 1.42. The second-order valence-corrected chi connectivity index (χ2v) is 6.68. The molecule has 1 N–H and O–H groups in total. The van der Waals surface area contributed by atoms with Crippen LogP contribution in [0.1, 0.15) is 5.82 Å². The Kier molecular flexibility index (Phi) is 5.73. The van der Waals surface area contributed by atoms with Crippen molar-refractivity contribution in [3.05, 3.63) is 46.3 Å². The molecule has 1 fully saturated rings. The number of benzene rings is 1. The molecule has 132 valence electrons. The van der Waals surface area contributed by atoms with Crippen LogP contribution in [0.2, 0.25) is 10.2 Å². The van der Waals surface area contributed by atoms with Gasteiger partial charge >= 0.3 is 0 Å². The van der Waals surface area contributed by atoms with E-state index in [0.29, 0.717) is 28.2 Å². The first-order chi connectivity index (χ1) is 12.0. The maximum Gasteiger partial charge on any atom is 0.238 e. The number of amides is 1. The van der Waals surface area contributed by atoms with Crippen LogP contribution in [-0.4, -0.2) is 53.5 Å². The van der Waals surface area contributed by atoms with E-state index in [4.69, 9.17) is 23.2 Å². The summed E-state index contributed by atoms with van der Waals surface area (Å²) in [6.45, 7) is 5.28. The molecule has 0 saturated carbocycles. The summed E-state index contributed by atoms with van der Waals surface area (Å²) in [5, 5.41) is 3.84. The van der Waals surface area contributed by atoms with Crippen LogP contribution in [0.15, 0.2) is 30.3 Å². The lowest BCUT2D eigenvalue weighted by Crippen LogP contribution is -2.49. The molecular weight excluding hydrogens is 361 g/mol. The molecule has 25 heavy (non-hydrogen) atoms. The molecular formula is C17H19Cl2N5O. The first kappa shape index (κ1) is 17.9. The van der Waals surface area contributed by atoms with Gasteiger partial charge in [-0.25, -0.2) is 9.97 Å². The zero-order chi connectivity index (χ0) is 17.8. The van der Waals surface area contributed by atoms with Crippen molar-refractivity contribution in [3.63, 3.8) is 0 Å². The number of rotatable bonds is 4. The molecule has 8 heteroatoms. The van der Waals surface area contributed by atoms with Crippen LogP contribution in [0.3, 0.4) is 0 Å². The van der Waals surface area contributed by atoms with E-state index in [1.165, 1.54) is 0 Å². The number of aryl methyl sites for hydroxylation is 1. The molecule has 0 unspecified atom stereocenters. The zero-order valence-electron chi connectivity index (χ0n) is 13.9. The lowest BCUT2D eigenvalue weighted by molar-refractivity contribution is -0.117. The topological polar surface area (TPSA) is 61.4 Å². The largest absolute Gasteiger partial charge is 0.354 e. The third-order valence-electron chi connectivity index (χ3n) is 4.00. The van der Waals surface area contributed by atoms with Crippen LogP contribution >= 0.6 is 23.2 Å². The maximum atomic E-state index is 12.2. The Hall–Kier alpha value is -1.89. The lowest BCUT2D eigenvalue weighted by Gasteiger charge is -2.35. The minimum atomic E-state index is -0.0672. The second-order valence-electron chi connectivity index (χ2n) is 5.89. The van der Waals surface area contributed by atoms with Crippen molar-refractivity contribution in [2.45, 2.75) is 6.92 Å². The predicted molar refractivity (Wildman–Crippen MR) is 101 cm³/mol. The minimum Gasteiger partial charge on any atom is -0.354 e. The van der Waals surface area contributed by atoms with Gasteiger partial charge < -0.3 is 10.2 Å². The first-order valence-corrected chi connectivity index (χ1v) is 8.80. The number of carbonyl (C=O) groups is 1. The number of piperazine rings is 1. The number of para-hydroxylation sites is 1. The fourth-order valence-corrected chi connectivity index (χ4v) is 3.17. The fourth-order valence-electron chi connectivity index (χ4n) is 2.77. The van der Waals surface area contributed by atoms with E-state index in [0.717, 1.165) is 32.0 Å². The quantitative estimate of drug-likeness (QED) is 0.827. The second kappa shape index (κ2) is 7.99. The predicted octanol–water partition coefficient (Wildman–Crippen LogP) is 2.85. The Morgan fingerprint density at radius 2 is 1.88 bits per heavy atom. The molecule has 2 aromatic rings. The molecule has 1 aromatic carbocycles. The van der Waals surface area contributed by atoms with E-state index in [2.05, 4.69) is 25.1 Å². The standard InChI is InChI=1S/C17H19Cl2N5O/c1-12-20-15(19)10-16(21-12)24-8-6-23(7-9-24)11-17(25)22-14-5-3-2-4-13(14)18/h2-5,10H,6-9,11H2,1H3,(H,22,25). The van der Waals surface area contributed by atoms with Crippen molar-refractivity contribution in [1.29, 1.82) is 0 Å². The third kappa shape index (κ3) is 4.81. The molecule has 2 heterocycles. The molecule has 0 atom stereocenters. The minimum absolute atomic E-state index is 0.0672. The molecule has 1 amide bonds. The number of nitrogens with zero attached hydrogens (tertiary/aromatic N) is 4. The molecule has 0 aliphatic carbocycles. The van der Waals surface area contributed by atoms with E-state index < -0.39 is 0 Å². The van der Waals surface area contributed by atoms with Gasteiger partial charge in [-0.1, -0.05) is 35.3 Å². The van der Waals surface area contributed by atoms with Crippen molar-refractivity contribution in [3.8, 4) is 0 Å². The van der Waals surface area contributed by atoms with Gasteiger partial charge in [0, 0.05) is 32.2 Å². The molecule has 1 aromatic heterocycles. The van der Waals surface area contributed by atoms with E-state index in [1.54, 1.807) is 18.2 Å². The summed E-state index contributed by atoms with van der Waals surface area (Å²) in [6, 6.07) is 8.99. The van der Waals surface area contributed by atoms with Gasteiger partial charge in [-0.05, 0) is 19.1 Å². The van der Waals surface area contributed by atoms with Gasteiger partial charge in [-0.2, -0.15) is 0 Å². The molecule has 3 rings (SSSR count). The molecule has 6 nitrogen and oxygen atoms in total. The average Bonchev–Trinajstić information content (AvgIpc) is 2.57. The summed E-state index contributed by atoms with van der Waals surface area (Å²) in [5.41, 5.74) is 0.638. The Balaban J connectivity index is 1.52. The Labute approximate surface area is 156 Å². The number of hydrogen-bond acceptors (Lipinski definition) is 5. The van der Waals surface area contributed by atoms with Gasteiger partial charge in [0.05, 0.1) is 17.3 Å². The third-order valence-corrected chi connectivity index (χ3v) is 4.53. The molecule has 0 spiro atoms. The molecule has 1 aliphatic heterocycles. The fraction of sp³-hybridized carbons (Fsp3) is 0.353. The highest BCUT2D eigenvalue weighted by Crippen LogP contribution is 2.21. The van der Waals surface area contributed by atoms with Crippen molar-refractivity contribution >= 4 is 40.6 Å². The van der Waals surface area contributed by atoms with Gasteiger partial charge in [0.25, 0.3) is 0 Å². The molecule has 1 saturated heterocycles. The van der Waals surface area contributed by atoms with Crippen LogP contribution in [-0.2, 0) is 4.79 Å². The van der Waals surface area contributed by atoms with Crippen LogP contribution in [0, 0.1) is 6.92 Å². The number of anilines is 2. The van der Waals surface area contributed by atoms with Gasteiger partial charge in [-0.15, -0.1) is 0 Å². The molecule has 1 aliphatic rings. The van der Waals surface area contributed by atoms with Crippen LogP contribution in [0.4, 0.5) is 11.5 Å². The highest BCUT2D eigenvalue weighted by Gasteiger charge is 2.20. The number of nitrogens with one attached hydrogen (secondary N) is 1. The smallest absolute Gasteiger partial charge is 0.238 e. The summed E-state index contributed by atoms with van der Waals surface area (Å²) < 4.78 is 0. The van der Waals surface area contributed by atoms with Crippen molar-refractivity contribution in [2.24, 2.45) is 0 Å². The summed E-state index contributed by atoms with van der Waals surface area (Å²) in [6.07, 6.45) is 0. The highest BCUT2D eigenvalue weighted by molar-refractivity contribution is 6.33. The zero-order valence-corrected chi connectivity index (χ0v) is 15.4. The van der Waals surface area contributed by atoms with E-state index in [-0.39, 0.29) is 5.91 Å². The Bertz CT molecular complexity index is 742. The first-order valence-electron chi connectivity index (χ1n) is 8.04. The monoisotopic (exact) mass is 379 g/mol. The lowest BCUT2D eigenvalue weighted by atomic mass is 10.3. The summed E-state index contributed by atoms with van der Waals surface area (Å²) in [4.78, 5) is 25.0. The van der Waals surface area contributed by atoms with Gasteiger partial charge in [0.15, 0.2) is 0 Å². The number of aromatic nitrogens is 2. The number of halogens is 2. The molecule has 0 radical (unpaired) electrons. The highest BCUT2D eigenvalue weighted by atomic mass is 35.5. The van der Waals surface area contributed by atoms with Crippen molar-refractivity contribution in [1.82, 2.24) is 14.9 Å². The summed E-state index contributed by atoms with van der Waals surface area (Å²) >= 11 is 12.1. The maximum absolute atomic E-state index is 12.2. The van der Waals surface area contributed by atoms with E-state index >= 15 is 0 Å².